The minimum Gasteiger partial charge on any atom is -0.384 e. The maximum absolute atomic E-state index is 6.01. The van der Waals surface area contributed by atoms with E-state index in [0.717, 1.165) is 10.9 Å². The van der Waals surface area contributed by atoms with E-state index >= 15 is 0 Å². The largest absolute Gasteiger partial charge is 0.384 e. The third-order valence-electron chi connectivity index (χ3n) is 1.93. The highest BCUT2D eigenvalue weighted by molar-refractivity contribution is 6.35. The standard InChI is InChI=1S/C10H9ClN2/c1-6-2-3-9-7(4-6)8(11)5-10(12)13-9/h2-5H,1H3,(H2,12,13). The molecule has 2 rings (SSSR count). The van der Waals surface area contributed by atoms with Crippen LogP contribution >= 0.6 is 11.6 Å². The number of pyridine rings is 1. The van der Waals surface area contributed by atoms with Gasteiger partial charge < -0.3 is 5.73 Å². The average Bonchev–Trinajstić information content (AvgIpc) is 2.06. The third-order valence-corrected chi connectivity index (χ3v) is 2.25. The van der Waals surface area contributed by atoms with Gasteiger partial charge in [-0.25, -0.2) is 4.98 Å². The quantitative estimate of drug-likeness (QED) is 0.697. The summed E-state index contributed by atoms with van der Waals surface area (Å²) in [6, 6.07) is 7.59. The monoisotopic (exact) mass is 192 g/mol. The number of aromatic nitrogens is 1. The Labute approximate surface area is 81.3 Å². The summed E-state index contributed by atoms with van der Waals surface area (Å²) in [6.07, 6.45) is 0. The van der Waals surface area contributed by atoms with Gasteiger partial charge in [0.2, 0.25) is 0 Å². The highest BCUT2D eigenvalue weighted by Gasteiger charge is 2.01. The van der Waals surface area contributed by atoms with E-state index in [1.54, 1.807) is 6.07 Å². The van der Waals surface area contributed by atoms with Gasteiger partial charge in [0.05, 0.1) is 10.5 Å². The Balaban J connectivity index is 2.87. The van der Waals surface area contributed by atoms with Crippen LogP contribution in [-0.4, -0.2) is 4.98 Å². The van der Waals surface area contributed by atoms with Gasteiger partial charge in [0.25, 0.3) is 0 Å². The first-order chi connectivity index (χ1) is 6.16. The molecule has 13 heavy (non-hydrogen) atoms. The maximum Gasteiger partial charge on any atom is 0.125 e. The Morgan fingerprint density at radius 2 is 2.08 bits per heavy atom. The first-order valence-corrected chi connectivity index (χ1v) is 4.37. The molecular formula is C10H9ClN2. The topological polar surface area (TPSA) is 38.9 Å². The van der Waals surface area contributed by atoms with E-state index in [9.17, 15) is 0 Å². The fourth-order valence-corrected chi connectivity index (χ4v) is 1.58. The molecule has 1 aromatic heterocycles. The van der Waals surface area contributed by atoms with Gasteiger partial charge in [0, 0.05) is 5.39 Å². The van der Waals surface area contributed by atoms with Gasteiger partial charge in [-0.1, -0.05) is 23.2 Å². The second-order valence-electron chi connectivity index (χ2n) is 3.05. The van der Waals surface area contributed by atoms with Crippen molar-refractivity contribution < 1.29 is 0 Å². The van der Waals surface area contributed by atoms with Gasteiger partial charge in [-0.2, -0.15) is 0 Å². The zero-order valence-corrected chi connectivity index (χ0v) is 7.97. The van der Waals surface area contributed by atoms with E-state index in [1.807, 2.05) is 25.1 Å². The minimum atomic E-state index is 0.460. The number of nitrogen functional groups attached to an aromatic ring is 1. The summed E-state index contributed by atoms with van der Waals surface area (Å²) in [5.74, 6) is 0.460. The van der Waals surface area contributed by atoms with Crippen LogP contribution in [-0.2, 0) is 0 Å². The van der Waals surface area contributed by atoms with Crippen molar-refractivity contribution in [1.29, 1.82) is 0 Å². The fraction of sp³-hybridized carbons (Fsp3) is 0.100. The summed E-state index contributed by atoms with van der Waals surface area (Å²) >= 11 is 6.01. The van der Waals surface area contributed by atoms with Crippen LogP contribution in [0.15, 0.2) is 24.3 Å². The molecule has 3 heteroatoms. The van der Waals surface area contributed by atoms with Gasteiger partial charge in [0.1, 0.15) is 5.82 Å². The highest BCUT2D eigenvalue weighted by Crippen LogP contribution is 2.24. The van der Waals surface area contributed by atoms with Crippen LogP contribution in [0.5, 0.6) is 0 Å². The van der Waals surface area contributed by atoms with Crippen molar-refractivity contribution in [2.45, 2.75) is 6.92 Å². The fourth-order valence-electron chi connectivity index (χ4n) is 1.32. The average molecular weight is 193 g/mol. The minimum absolute atomic E-state index is 0.460. The molecule has 0 aliphatic heterocycles. The Kier molecular flexibility index (Phi) is 1.85. The lowest BCUT2D eigenvalue weighted by atomic mass is 10.1. The van der Waals surface area contributed by atoms with E-state index in [0.29, 0.717) is 10.8 Å². The van der Waals surface area contributed by atoms with Crippen LogP contribution < -0.4 is 5.73 Å². The molecule has 0 saturated heterocycles. The van der Waals surface area contributed by atoms with Gasteiger partial charge in [-0.15, -0.1) is 0 Å². The second-order valence-corrected chi connectivity index (χ2v) is 3.46. The van der Waals surface area contributed by atoms with Gasteiger partial charge in [-0.05, 0) is 25.1 Å². The summed E-state index contributed by atoms with van der Waals surface area (Å²) in [6.45, 7) is 2.02. The Bertz CT molecular complexity index is 466. The molecular weight excluding hydrogens is 184 g/mol. The molecule has 1 heterocycles. The van der Waals surface area contributed by atoms with Gasteiger partial charge >= 0.3 is 0 Å². The number of hydrogen-bond donors (Lipinski definition) is 1. The molecule has 0 fully saturated rings. The number of anilines is 1. The normalized spacial score (nSPS) is 10.6. The van der Waals surface area contributed by atoms with E-state index in [1.165, 1.54) is 5.56 Å². The molecule has 0 atom stereocenters. The number of rotatable bonds is 0. The van der Waals surface area contributed by atoms with E-state index in [2.05, 4.69) is 4.98 Å². The molecule has 0 saturated carbocycles. The number of nitrogens with zero attached hydrogens (tertiary/aromatic N) is 1. The van der Waals surface area contributed by atoms with Crippen LogP contribution in [0.1, 0.15) is 5.56 Å². The predicted molar refractivity (Wildman–Crippen MR) is 55.9 cm³/mol. The molecule has 0 aliphatic rings. The zero-order valence-electron chi connectivity index (χ0n) is 7.21. The van der Waals surface area contributed by atoms with Gasteiger partial charge in [-0.3, -0.25) is 0 Å². The van der Waals surface area contributed by atoms with Crippen molar-refractivity contribution in [2.75, 3.05) is 5.73 Å². The van der Waals surface area contributed by atoms with E-state index < -0.39 is 0 Å². The van der Waals surface area contributed by atoms with Gasteiger partial charge in [0.15, 0.2) is 0 Å². The smallest absolute Gasteiger partial charge is 0.125 e. The molecule has 2 N–H and O–H groups in total. The maximum atomic E-state index is 6.01. The van der Waals surface area contributed by atoms with Crippen LogP contribution in [0.3, 0.4) is 0 Å². The number of halogens is 1. The SMILES string of the molecule is Cc1ccc2nc(N)cc(Cl)c2c1. The number of aryl methyl sites for hydroxylation is 1. The van der Waals surface area contributed by atoms with E-state index in [4.69, 9.17) is 17.3 Å². The summed E-state index contributed by atoms with van der Waals surface area (Å²) in [7, 11) is 0. The number of benzene rings is 1. The Hall–Kier alpha value is -1.28. The van der Waals surface area contributed by atoms with Crippen LogP contribution in [0.25, 0.3) is 10.9 Å². The molecule has 0 unspecified atom stereocenters. The molecule has 0 aliphatic carbocycles. The lowest BCUT2D eigenvalue weighted by Gasteiger charge is -2.02. The number of nitrogens with two attached hydrogens (primary N) is 1. The summed E-state index contributed by atoms with van der Waals surface area (Å²) in [5.41, 5.74) is 7.58. The molecule has 0 spiro atoms. The molecule has 0 bridgehead atoms. The zero-order chi connectivity index (χ0) is 9.42. The number of hydrogen-bond acceptors (Lipinski definition) is 2. The van der Waals surface area contributed by atoms with E-state index in [-0.39, 0.29) is 0 Å². The van der Waals surface area contributed by atoms with Crippen molar-refractivity contribution in [3.05, 3.63) is 34.9 Å². The molecule has 0 radical (unpaired) electrons. The highest BCUT2D eigenvalue weighted by atomic mass is 35.5. The molecule has 2 nitrogen and oxygen atoms in total. The van der Waals surface area contributed by atoms with Crippen molar-refractivity contribution >= 4 is 28.3 Å². The summed E-state index contributed by atoms with van der Waals surface area (Å²) in [5, 5.41) is 1.61. The first kappa shape index (κ1) is 8.32. The summed E-state index contributed by atoms with van der Waals surface area (Å²) < 4.78 is 0. The Morgan fingerprint density at radius 3 is 2.85 bits per heavy atom. The predicted octanol–water partition coefficient (Wildman–Crippen LogP) is 2.78. The third kappa shape index (κ3) is 1.45. The molecule has 1 aromatic carbocycles. The van der Waals surface area contributed by atoms with Crippen LogP contribution in [0, 0.1) is 6.92 Å². The van der Waals surface area contributed by atoms with Crippen molar-refractivity contribution in [1.82, 2.24) is 4.98 Å². The van der Waals surface area contributed by atoms with Crippen LogP contribution in [0.2, 0.25) is 5.02 Å². The summed E-state index contributed by atoms with van der Waals surface area (Å²) in [4.78, 5) is 4.17. The van der Waals surface area contributed by atoms with Crippen molar-refractivity contribution in [3.8, 4) is 0 Å². The first-order valence-electron chi connectivity index (χ1n) is 3.99. The lowest BCUT2D eigenvalue weighted by molar-refractivity contribution is 1.40. The lowest BCUT2D eigenvalue weighted by Crippen LogP contribution is -1.90. The molecule has 66 valence electrons. The van der Waals surface area contributed by atoms with Crippen molar-refractivity contribution in [2.24, 2.45) is 0 Å². The Morgan fingerprint density at radius 1 is 1.31 bits per heavy atom. The molecule has 2 aromatic rings. The number of fused-ring (bicyclic) bond motifs is 1. The van der Waals surface area contributed by atoms with Crippen LogP contribution in [0.4, 0.5) is 5.82 Å². The molecule has 0 amide bonds. The second kappa shape index (κ2) is 2.89. The van der Waals surface area contributed by atoms with Crippen molar-refractivity contribution in [3.63, 3.8) is 0 Å².